The minimum Gasteiger partial charge on any atom is -0.508 e. The van der Waals surface area contributed by atoms with Gasteiger partial charge in [-0.25, -0.2) is 0 Å². The van der Waals surface area contributed by atoms with Crippen LogP contribution in [-0.2, 0) is 24.6 Å². The fraction of sp³-hybridized carbons (Fsp3) is 0.314. The molecule has 0 unspecified atom stereocenters. The zero-order valence-electron chi connectivity index (χ0n) is 25.1. The number of benzene rings is 3. The summed E-state index contributed by atoms with van der Waals surface area (Å²) in [6.45, 7) is 2.03. The lowest BCUT2D eigenvalue weighted by Crippen LogP contribution is -2.53. The van der Waals surface area contributed by atoms with Crippen molar-refractivity contribution in [2.45, 2.75) is 31.1 Å². The molecule has 1 saturated carbocycles. The number of hydrazine groups is 1. The Bertz CT molecular complexity index is 1830. The third kappa shape index (κ3) is 4.21. The minimum absolute atomic E-state index is 0.0424. The summed E-state index contributed by atoms with van der Waals surface area (Å²) in [7, 11) is 1.54. The summed E-state index contributed by atoms with van der Waals surface area (Å²) in [4.78, 5) is 58.2. The first-order valence-corrected chi connectivity index (χ1v) is 16.0. The highest BCUT2D eigenvalue weighted by molar-refractivity contribution is 6.36. The standard InChI is InChI=1S/C35H31Cl2N3O6/c1-3-39-31(42)23-14-13-21-24(29(23)33(39)44)17-25-32(43)40(38-27-15-10-19(36)16-26(27)37)34(45)35(25,18-8-11-20(46-2)12-9-18)30(21)22-6-4-5-7-28(22)41/h4-13,15-16,23-25,29-30,38,41H,3,14,17H2,1-2H3/t23-,24+,25-,29-,30+,35+/m0/s1. The summed E-state index contributed by atoms with van der Waals surface area (Å²) in [6.07, 6.45) is 2.42. The molecule has 0 bridgehead atoms. The number of likely N-dealkylation sites (tertiary alicyclic amines) is 1. The fourth-order valence-electron chi connectivity index (χ4n) is 8.30. The van der Waals surface area contributed by atoms with Crippen molar-refractivity contribution in [1.29, 1.82) is 0 Å². The van der Waals surface area contributed by atoms with E-state index < -0.39 is 46.8 Å². The van der Waals surface area contributed by atoms with Crippen molar-refractivity contribution in [1.82, 2.24) is 9.91 Å². The van der Waals surface area contributed by atoms with E-state index in [2.05, 4.69) is 5.43 Å². The maximum Gasteiger partial charge on any atom is 0.260 e. The number of halogens is 2. The molecule has 2 saturated heterocycles. The van der Waals surface area contributed by atoms with Gasteiger partial charge in [0.2, 0.25) is 11.8 Å². The molecule has 0 radical (unpaired) electrons. The predicted octanol–water partition coefficient (Wildman–Crippen LogP) is 5.71. The van der Waals surface area contributed by atoms with Gasteiger partial charge in [-0.1, -0.05) is 65.2 Å². The van der Waals surface area contributed by atoms with Gasteiger partial charge in [-0.3, -0.25) is 29.5 Å². The second kappa shape index (κ2) is 11.2. The topological polar surface area (TPSA) is 116 Å². The third-order valence-corrected chi connectivity index (χ3v) is 10.8. The molecule has 3 aromatic carbocycles. The average Bonchev–Trinajstić information content (AvgIpc) is 3.43. The SMILES string of the molecule is CCN1C(=O)[C@H]2[C@H](CC=C3[C@H]2C[C@H]2C(=O)N(Nc4ccc(Cl)cc4Cl)C(=O)[C@@]2(c2ccc(OC)cc2)[C@H]3c2ccccc2O)C1=O. The van der Waals surface area contributed by atoms with E-state index in [0.717, 1.165) is 10.6 Å². The molecule has 2 aliphatic carbocycles. The van der Waals surface area contributed by atoms with Crippen molar-refractivity contribution < 1.29 is 29.0 Å². The van der Waals surface area contributed by atoms with Crippen LogP contribution in [0.4, 0.5) is 5.69 Å². The second-order valence-corrected chi connectivity index (χ2v) is 13.0. The smallest absolute Gasteiger partial charge is 0.260 e. The number of aromatic hydroxyl groups is 1. The molecule has 2 N–H and O–H groups in total. The van der Waals surface area contributed by atoms with E-state index in [1.54, 1.807) is 74.7 Å². The fourth-order valence-corrected chi connectivity index (χ4v) is 8.75. The van der Waals surface area contributed by atoms with Crippen molar-refractivity contribution in [2.24, 2.45) is 23.7 Å². The van der Waals surface area contributed by atoms with Crippen LogP contribution < -0.4 is 10.2 Å². The first-order chi connectivity index (χ1) is 22.1. The number of imide groups is 2. The summed E-state index contributed by atoms with van der Waals surface area (Å²) < 4.78 is 5.42. The van der Waals surface area contributed by atoms with Gasteiger partial charge in [-0.05, 0) is 67.6 Å². The number of anilines is 1. The maximum absolute atomic E-state index is 15.1. The molecule has 0 aromatic heterocycles. The number of nitrogens with one attached hydrogen (secondary N) is 1. The molecule has 3 fully saturated rings. The van der Waals surface area contributed by atoms with Gasteiger partial charge >= 0.3 is 0 Å². The van der Waals surface area contributed by atoms with Crippen LogP contribution in [0.5, 0.6) is 11.5 Å². The van der Waals surface area contributed by atoms with Crippen LogP contribution in [-0.4, -0.2) is 52.3 Å². The molecule has 4 amide bonds. The van der Waals surface area contributed by atoms with Gasteiger partial charge in [0.25, 0.3) is 11.8 Å². The predicted molar refractivity (Wildman–Crippen MR) is 171 cm³/mol. The first-order valence-electron chi connectivity index (χ1n) is 15.2. The summed E-state index contributed by atoms with van der Waals surface area (Å²) in [6, 6.07) is 18.5. The van der Waals surface area contributed by atoms with Crippen LogP contribution >= 0.6 is 23.2 Å². The van der Waals surface area contributed by atoms with E-state index in [4.69, 9.17) is 27.9 Å². The van der Waals surface area contributed by atoms with Crippen molar-refractivity contribution in [3.63, 3.8) is 0 Å². The molecule has 9 nitrogen and oxygen atoms in total. The van der Waals surface area contributed by atoms with E-state index in [1.165, 1.54) is 11.0 Å². The number of methoxy groups -OCH3 is 1. The van der Waals surface area contributed by atoms with Gasteiger partial charge in [0, 0.05) is 23.0 Å². The second-order valence-electron chi connectivity index (χ2n) is 12.2. The lowest BCUT2D eigenvalue weighted by atomic mass is 9.49. The van der Waals surface area contributed by atoms with Gasteiger partial charge in [-0.15, -0.1) is 0 Å². The Hall–Kier alpha value is -4.34. The Morgan fingerprint density at radius 2 is 1.70 bits per heavy atom. The number of hydrogen-bond acceptors (Lipinski definition) is 7. The number of amides is 4. The normalized spacial score (nSPS) is 28.5. The molecular weight excluding hydrogens is 629 g/mol. The van der Waals surface area contributed by atoms with E-state index in [9.17, 15) is 19.5 Å². The van der Waals surface area contributed by atoms with Gasteiger partial charge in [0.05, 0.1) is 41.0 Å². The average molecular weight is 661 g/mol. The summed E-state index contributed by atoms with van der Waals surface area (Å²) in [5.74, 6) is -4.52. The quantitative estimate of drug-likeness (QED) is 0.257. The van der Waals surface area contributed by atoms with Gasteiger partial charge in [0.1, 0.15) is 11.5 Å². The zero-order chi connectivity index (χ0) is 32.5. The largest absolute Gasteiger partial charge is 0.508 e. The Morgan fingerprint density at radius 1 is 0.957 bits per heavy atom. The number of phenolic OH excluding ortho intramolecular Hbond substituents is 1. The monoisotopic (exact) mass is 659 g/mol. The highest BCUT2D eigenvalue weighted by Crippen LogP contribution is 2.65. The molecule has 6 atom stereocenters. The number of para-hydroxylation sites is 1. The molecule has 3 aromatic rings. The number of nitrogens with zero attached hydrogens (tertiary/aromatic N) is 2. The summed E-state index contributed by atoms with van der Waals surface area (Å²) in [5, 5.41) is 13.0. The number of rotatable bonds is 6. The Balaban J connectivity index is 1.47. The van der Waals surface area contributed by atoms with Gasteiger partial charge < -0.3 is 9.84 Å². The maximum atomic E-state index is 15.1. The van der Waals surface area contributed by atoms with Crippen molar-refractivity contribution >= 4 is 52.5 Å². The highest BCUT2D eigenvalue weighted by atomic mass is 35.5. The van der Waals surface area contributed by atoms with Crippen molar-refractivity contribution in [3.8, 4) is 11.5 Å². The molecule has 4 aliphatic rings. The van der Waals surface area contributed by atoms with E-state index in [0.29, 0.717) is 34.0 Å². The third-order valence-electron chi connectivity index (χ3n) is 10.2. The Morgan fingerprint density at radius 3 is 2.37 bits per heavy atom. The molecular formula is C35H31Cl2N3O6. The Kier molecular flexibility index (Phi) is 7.36. The number of phenols is 1. The van der Waals surface area contributed by atoms with Crippen LogP contribution in [0.3, 0.4) is 0 Å². The summed E-state index contributed by atoms with van der Waals surface area (Å²) in [5.41, 5.74) is 3.52. The summed E-state index contributed by atoms with van der Waals surface area (Å²) >= 11 is 12.6. The number of hydrogen-bond donors (Lipinski definition) is 2. The molecule has 236 valence electrons. The lowest BCUT2D eigenvalue weighted by Gasteiger charge is -2.50. The number of allylic oxidation sites excluding steroid dienone is 2. The van der Waals surface area contributed by atoms with Gasteiger partial charge in [-0.2, -0.15) is 5.01 Å². The van der Waals surface area contributed by atoms with Crippen LogP contribution in [0.2, 0.25) is 10.0 Å². The van der Waals surface area contributed by atoms with Crippen LogP contribution in [0.1, 0.15) is 36.8 Å². The number of carbonyl (C=O) groups excluding carboxylic acids is 4. The number of carbonyl (C=O) groups is 4. The van der Waals surface area contributed by atoms with Gasteiger partial charge in [0.15, 0.2) is 0 Å². The van der Waals surface area contributed by atoms with E-state index in [-0.39, 0.29) is 35.6 Å². The van der Waals surface area contributed by atoms with E-state index in [1.807, 2.05) is 6.08 Å². The Labute approximate surface area is 275 Å². The van der Waals surface area contributed by atoms with E-state index >= 15 is 4.79 Å². The van der Waals surface area contributed by atoms with Crippen LogP contribution in [0.15, 0.2) is 78.4 Å². The van der Waals surface area contributed by atoms with Crippen molar-refractivity contribution in [3.05, 3.63) is 99.6 Å². The lowest BCUT2D eigenvalue weighted by molar-refractivity contribution is -0.141. The molecule has 2 aliphatic heterocycles. The number of fused-ring (bicyclic) bond motifs is 4. The van der Waals surface area contributed by atoms with Crippen LogP contribution in [0.25, 0.3) is 0 Å². The highest BCUT2D eigenvalue weighted by Gasteiger charge is 2.70. The molecule has 46 heavy (non-hydrogen) atoms. The number of ether oxygens (including phenoxy) is 1. The first kappa shape index (κ1) is 30.3. The minimum atomic E-state index is -1.53. The molecule has 0 spiro atoms. The van der Waals surface area contributed by atoms with Crippen molar-refractivity contribution in [2.75, 3.05) is 19.1 Å². The molecule has 2 heterocycles. The molecule has 11 heteroatoms. The van der Waals surface area contributed by atoms with Crippen LogP contribution in [0, 0.1) is 23.7 Å². The zero-order valence-corrected chi connectivity index (χ0v) is 26.6. The molecule has 7 rings (SSSR count).